The van der Waals surface area contributed by atoms with Crippen LogP contribution >= 0.6 is 0 Å². The van der Waals surface area contributed by atoms with E-state index in [1.807, 2.05) is 11.9 Å². The Bertz CT molecular complexity index is 482. The number of nitrogens with one attached hydrogen (secondary N) is 1. The van der Waals surface area contributed by atoms with Crippen LogP contribution in [0.4, 0.5) is 0 Å². The molecule has 0 radical (unpaired) electrons. The Morgan fingerprint density at radius 3 is 2.67 bits per heavy atom. The molecule has 1 saturated heterocycles. The van der Waals surface area contributed by atoms with Crippen LogP contribution in [-0.4, -0.2) is 29.9 Å². The first kappa shape index (κ1) is 14.6. The minimum Gasteiger partial charge on any atom is -0.340 e. The lowest BCUT2D eigenvalue weighted by Gasteiger charge is -2.24. The van der Waals surface area contributed by atoms with Crippen molar-refractivity contribution in [3.63, 3.8) is 0 Å². The molecule has 1 aromatic rings. The Morgan fingerprint density at radius 2 is 1.95 bits per heavy atom. The Balaban J connectivity index is 1.58. The second kappa shape index (κ2) is 6.18. The van der Waals surface area contributed by atoms with Crippen LogP contribution in [0.15, 0.2) is 24.3 Å². The van der Waals surface area contributed by atoms with Gasteiger partial charge in [0, 0.05) is 19.6 Å². The van der Waals surface area contributed by atoms with Crippen molar-refractivity contribution in [1.82, 2.24) is 10.2 Å². The lowest BCUT2D eigenvalue weighted by atomic mass is 9.85. The summed E-state index contributed by atoms with van der Waals surface area (Å²) in [7, 11) is 1.92. The molecule has 0 bridgehead atoms. The normalized spacial score (nSPS) is 28.2. The van der Waals surface area contributed by atoms with Crippen LogP contribution in [0.1, 0.15) is 43.2 Å². The fraction of sp³-hybridized carbons (Fsp3) is 0.611. The second-order valence-corrected chi connectivity index (χ2v) is 6.79. The molecule has 2 fully saturated rings. The van der Waals surface area contributed by atoms with E-state index in [4.69, 9.17) is 0 Å². The van der Waals surface area contributed by atoms with Gasteiger partial charge >= 0.3 is 0 Å². The average molecular weight is 286 g/mol. The van der Waals surface area contributed by atoms with E-state index in [-0.39, 0.29) is 11.9 Å². The van der Waals surface area contributed by atoms with Gasteiger partial charge in [0.05, 0.1) is 6.04 Å². The van der Waals surface area contributed by atoms with Gasteiger partial charge in [-0.25, -0.2) is 0 Å². The summed E-state index contributed by atoms with van der Waals surface area (Å²) in [5.41, 5.74) is 2.46. The van der Waals surface area contributed by atoms with Gasteiger partial charge in [0.25, 0.3) is 0 Å². The van der Waals surface area contributed by atoms with Gasteiger partial charge in [-0.1, -0.05) is 42.7 Å². The van der Waals surface area contributed by atoms with Crippen LogP contribution < -0.4 is 5.32 Å². The molecule has 1 saturated carbocycles. The van der Waals surface area contributed by atoms with Crippen molar-refractivity contribution in [2.45, 2.75) is 57.7 Å². The maximum absolute atomic E-state index is 12.6. The third-order valence-electron chi connectivity index (χ3n) is 5.08. The quantitative estimate of drug-likeness (QED) is 0.926. The molecule has 114 valence electrons. The molecule has 1 amide bonds. The van der Waals surface area contributed by atoms with Crippen molar-refractivity contribution in [2.75, 3.05) is 7.05 Å². The van der Waals surface area contributed by atoms with Gasteiger partial charge in [-0.3, -0.25) is 4.79 Å². The van der Waals surface area contributed by atoms with Crippen LogP contribution in [0.25, 0.3) is 0 Å². The van der Waals surface area contributed by atoms with Crippen LogP contribution in [0.2, 0.25) is 0 Å². The van der Waals surface area contributed by atoms with Gasteiger partial charge in [0.1, 0.15) is 0 Å². The van der Waals surface area contributed by atoms with Crippen molar-refractivity contribution in [1.29, 1.82) is 0 Å². The minimum absolute atomic E-state index is 0.0357. The highest BCUT2D eigenvalue weighted by Crippen LogP contribution is 2.33. The molecule has 3 atom stereocenters. The Kier molecular flexibility index (Phi) is 4.29. The number of aryl methyl sites for hydroxylation is 1. The largest absolute Gasteiger partial charge is 0.340 e. The van der Waals surface area contributed by atoms with Crippen molar-refractivity contribution >= 4 is 5.91 Å². The summed E-state index contributed by atoms with van der Waals surface area (Å²) in [6.07, 6.45) is 6.22. The van der Waals surface area contributed by atoms with Gasteiger partial charge in [-0.2, -0.15) is 0 Å². The predicted octanol–water partition coefficient (Wildman–Crippen LogP) is 2.87. The summed E-state index contributed by atoms with van der Waals surface area (Å²) in [5, 5.41) is 3.58. The fourth-order valence-electron chi connectivity index (χ4n) is 3.82. The summed E-state index contributed by atoms with van der Waals surface area (Å²) in [5.74, 6) is 0.977. The molecule has 3 heteroatoms. The van der Waals surface area contributed by atoms with E-state index in [1.54, 1.807) is 0 Å². The first-order valence-corrected chi connectivity index (χ1v) is 8.20. The molecule has 2 aliphatic rings. The number of carbonyl (C=O) groups excluding carboxylic acids is 1. The molecular weight excluding hydrogens is 260 g/mol. The number of amides is 1. The number of nitrogens with zero attached hydrogens (tertiary/aromatic N) is 1. The Labute approximate surface area is 127 Å². The zero-order valence-electron chi connectivity index (χ0n) is 13.1. The first-order valence-electron chi connectivity index (χ1n) is 8.20. The zero-order valence-corrected chi connectivity index (χ0v) is 13.1. The standard InChI is InChI=1S/C18H26N2O/c1-13-7-9-14(10-8-13)12-20(2)18(21)17-11-15-5-3-4-6-16(15)19-17/h7-10,15-17,19H,3-6,11-12H2,1-2H3. The minimum atomic E-state index is 0.0357. The van der Waals surface area contributed by atoms with Gasteiger partial charge in [0.15, 0.2) is 0 Å². The lowest BCUT2D eigenvalue weighted by molar-refractivity contribution is -0.132. The third-order valence-corrected chi connectivity index (χ3v) is 5.08. The Morgan fingerprint density at radius 1 is 1.24 bits per heavy atom. The zero-order chi connectivity index (χ0) is 14.8. The van der Waals surface area contributed by atoms with E-state index in [9.17, 15) is 4.79 Å². The van der Waals surface area contributed by atoms with Crippen molar-refractivity contribution in [3.05, 3.63) is 35.4 Å². The van der Waals surface area contributed by atoms with Crippen molar-refractivity contribution in [3.8, 4) is 0 Å². The number of fused-ring (bicyclic) bond motifs is 1. The van der Waals surface area contributed by atoms with Gasteiger partial charge < -0.3 is 10.2 Å². The van der Waals surface area contributed by atoms with Gasteiger partial charge in [-0.15, -0.1) is 0 Å². The van der Waals surface area contributed by atoms with E-state index in [2.05, 4.69) is 36.5 Å². The smallest absolute Gasteiger partial charge is 0.239 e. The number of hydrogen-bond donors (Lipinski definition) is 1. The molecule has 1 N–H and O–H groups in total. The van der Waals surface area contributed by atoms with Gasteiger partial charge in [0.2, 0.25) is 5.91 Å². The predicted molar refractivity (Wildman–Crippen MR) is 84.9 cm³/mol. The molecule has 1 heterocycles. The fourth-order valence-corrected chi connectivity index (χ4v) is 3.82. The highest BCUT2D eigenvalue weighted by atomic mass is 16.2. The van der Waals surface area contributed by atoms with Crippen LogP contribution in [0.3, 0.4) is 0 Å². The molecule has 1 aromatic carbocycles. The summed E-state index contributed by atoms with van der Waals surface area (Å²) in [6.45, 7) is 2.79. The van der Waals surface area contributed by atoms with E-state index in [0.717, 1.165) is 12.3 Å². The van der Waals surface area contributed by atoms with Crippen molar-refractivity contribution < 1.29 is 4.79 Å². The highest BCUT2D eigenvalue weighted by Gasteiger charge is 2.39. The molecule has 1 aliphatic carbocycles. The van der Waals surface area contributed by atoms with Crippen LogP contribution in [0, 0.1) is 12.8 Å². The number of rotatable bonds is 3. The molecule has 21 heavy (non-hydrogen) atoms. The van der Waals surface area contributed by atoms with E-state index in [0.29, 0.717) is 12.6 Å². The van der Waals surface area contributed by atoms with E-state index < -0.39 is 0 Å². The van der Waals surface area contributed by atoms with E-state index >= 15 is 0 Å². The molecule has 1 aliphatic heterocycles. The molecule has 3 rings (SSSR count). The highest BCUT2D eigenvalue weighted by molar-refractivity contribution is 5.82. The number of likely N-dealkylation sites (N-methyl/N-ethyl adjacent to an activating group) is 1. The van der Waals surface area contributed by atoms with Crippen LogP contribution in [-0.2, 0) is 11.3 Å². The summed E-state index contributed by atoms with van der Waals surface area (Å²) in [4.78, 5) is 14.5. The maximum Gasteiger partial charge on any atom is 0.239 e. The molecule has 0 spiro atoms. The molecule has 0 aromatic heterocycles. The Hall–Kier alpha value is -1.35. The molecular formula is C18H26N2O. The number of hydrogen-bond acceptors (Lipinski definition) is 2. The average Bonchev–Trinajstić information content (AvgIpc) is 2.92. The summed E-state index contributed by atoms with van der Waals surface area (Å²) < 4.78 is 0. The topological polar surface area (TPSA) is 32.3 Å². The lowest BCUT2D eigenvalue weighted by Crippen LogP contribution is -2.43. The second-order valence-electron chi connectivity index (χ2n) is 6.79. The first-order chi connectivity index (χ1) is 10.1. The molecule has 3 unspecified atom stereocenters. The monoisotopic (exact) mass is 286 g/mol. The SMILES string of the molecule is Cc1ccc(CN(C)C(=O)C2CC3CCCCC3N2)cc1. The maximum atomic E-state index is 12.6. The van der Waals surface area contributed by atoms with Crippen molar-refractivity contribution in [2.24, 2.45) is 5.92 Å². The van der Waals surface area contributed by atoms with Gasteiger partial charge in [-0.05, 0) is 37.7 Å². The van der Waals surface area contributed by atoms with E-state index in [1.165, 1.54) is 36.8 Å². The van der Waals surface area contributed by atoms with Crippen LogP contribution in [0.5, 0.6) is 0 Å². The number of carbonyl (C=O) groups is 1. The molecule has 3 nitrogen and oxygen atoms in total. The number of benzene rings is 1. The summed E-state index contributed by atoms with van der Waals surface area (Å²) >= 11 is 0. The third kappa shape index (κ3) is 3.29. The summed E-state index contributed by atoms with van der Waals surface area (Å²) in [6, 6.07) is 9.06.